The Morgan fingerprint density at radius 1 is 1.07 bits per heavy atom. The van der Waals surface area contributed by atoms with Gasteiger partial charge >= 0.3 is 0 Å². The monoisotopic (exact) mass is 486 g/mol. The van der Waals surface area contributed by atoms with Crippen LogP contribution in [-0.2, 0) is 6.61 Å². The molecule has 0 aromatic heterocycles. The third-order valence-corrected chi connectivity index (χ3v) is 5.17. The number of amides is 1. The van der Waals surface area contributed by atoms with Crippen molar-refractivity contribution in [2.24, 2.45) is 5.10 Å². The summed E-state index contributed by atoms with van der Waals surface area (Å²) in [6, 6.07) is 20.0. The fourth-order valence-corrected chi connectivity index (χ4v) is 3.23. The molecule has 0 fully saturated rings. The average Bonchev–Trinajstić information content (AvgIpc) is 2.76. The normalized spacial score (nSPS) is 10.8. The Morgan fingerprint density at radius 2 is 1.77 bits per heavy atom. The van der Waals surface area contributed by atoms with E-state index < -0.39 is 0 Å². The number of nitrogens with one attached hydrogen (secondary N) is 1. The van der Waals surface area contributed by atoms with E-state index in [9.17, 15) is 4.79 Å². The number of rotatable bonds is 8. The maximum Gasteiger partial charge on any atom is 0.271 e. The SMILES string of the molecule is CCOc1cc(/C=N\NC(=O)c2ccccc2)c(Br)cc1OCc1ccccc1Cl. The predicted octanol–water partition coefficient (Wildman–Crippen LogP) is 5.84. The van der Waals surface area contributed by atoms with Crippen molar-refractivity contribution in [3.63, 3.8) is 0 Å². The standard InChI is InChI=1S/C23H20BrClN2O3/c1-2-29-21-12-18(14-26-27-23(28)16-8-4-3-5-9-16)19(24)13-22(21)30-15-17-10-6-7-11-20(17)25/h3-14H,2,15H2,1H3,(H,27,28)/b26-14-. The Hall–Kier alpha value is -2.83. The van der Waals surface area contributed by atoms with Gasteiger partial charge in [-0.15, -0.1) is 0 Å². The second-order valence-electron chi connectivity index (χ2n) is 6.20. The summed E-state index contributed by atoms with van der Waals surface area (Å²) in [7, 11) is 0. The Bertz CT molecular complexity index is 1040. The molecule has 3 aromatic rings. The lowest BCUT2D eigenvalue weighted by molar-refractivity contribution is 0.0955. The third-order valence-electron chi connectivity index (χ3n) is 4.11. The highest BCUT2D eigenvalue weighted by Crippen LogP contribution is 2.34. The van der Waals surface area contributed by atoms with Gasteiger partial charge in [-0.25, -0.2) is 5.43 Å². The van der Waals surface area contributed by atoms with Crippen LogP contribution in [0.2, 0.25) is 5.02 Å². The van der Waals surface area contributed by atoms with Gasteiger partial charge in [0.05, 0.1) is 12.8 Å². The molecule has 3 aromatic carbocycles. The summed E-state index contributed by atoms with van der Waals surface area (Å²) in [5, 5.41) is 4.69. The molecule has 1 amide bonds. The van der Waals surface area contributed by atoms with E-state index >= 15 is 0 Å². The molecule has 30 heavy (non-hydrogen) atoms. The minimum Gasteiger partial charge on any atom is -0.490 e. The van der Waals surface area contributed by atoms with Crippen molar-refractivity contribution in [2.45, 2.75) is 13.5 Å². The molecule has 0 atom stereocenters. The second kappa shape index (κ2) is 10.8. The van der Waals surface area contributed by atoms with E-state index in [0.29, 0.717) is 35.3 Å². The van der Waals surface area contributed by atoms with Crippen LogP contribution in [0.15, 0.2) is 76.3 Å². The lowest BCUT2D eigenvalue weighted by Crippen LogP contribution is -2.17. The molecule has 7 heteroatoms. The number of ether oxygens (including phenoxy) is 2. The van der Waals surface area contributed by atoms with Crippen molar-refractivity contribution in [3.8, 4) is 11.5 Å². The molecule has 0 spiro atoms. The molecule has 0 saturated heterocycles. The summed E-state index contributed by atoms with van der Waals surface area (Å²) in [5.74, 6) is 0.866. The van der Waals surface area contributed by atoms with Crippen LogP contribution < -0.4 is 14.9 Å². The number of carbonyl (C=O) groups excluding carboxylic acids is 1. The zero-order valence-electron chi connectivity index (χ0n) is 16.3. The minimum atomic E-state index is -0.285. The van der Waals surface area contributed by atoms with Crippen molar-refractivity contribution in [2.75, 3.05) is 6.61 Å². The maximum atomic E-state index is 12.1. The van der Waals surface area contributed by atoms with Crippen LogP contribution in [-0.4, -0.2) is 18.7 Å². The highest BCUT2D eigenvalue weighted by Gasteiger charge is 2.11. The minimum absolute atomic E-state index is 0.285. The highest BCUT2D eigenvalue weighted by molar-refractivity contribution is 9.10. The molecule has 0 unspecified atom stereocenters. The lowest BCUT2D eigenvalue weighted by atomic mass is 10.2. The van der Waals surface area contributed by atoms with Crippen molar-refractivity contribution < 1.29 is 14.3 Å². The number of nitrogens with zero attached hydrogens (tertiary/aromatic N) is 1. The van der Waals surface area contributed by atoms with Crippen molar-refractivity contribution in [3.05, 3.63) is 92.9 Å². The first-order valence-corrected chi connectivity index (χ1v) is 10.5. The topological polar surface area (TPSA) is 59.9 Å². The molecule has 1 N–H and O–H groups in total. The number of carbonyl (C=O) groups is 1. The summed E-state index contributed by atoms with van der Waals surface area (Å²) in [6.45, 7) is 2.69. The lowest BCUT2D eigenvalue weighted by Gasteiger charge is -2.14. The van der Waals surface area contributed by atoms with E-state index in [1.807, 2.05) is 43.3 Å². The van der Waals surface area contributed by atoms with Crippen molar-refractivity contribution >= 4 is 39.7 Å². The first-order chi connectivity index (χ1) is 14.6. The number of halogens is 2. The largest absolute Gasteiger partial charge is 0.490 e. The van der Waals surface area contributed by atoms with Crippen LogP contribution in [0, 0.1) is 0 Å². The molecule has 0 saturated carbocycles. The van der Waals surface area contributed by atoms with Crippen LogP contribution in [0.1, 0.15) is 28.4 Å². The van der Waals surface area contributed by atoms with Gasteiger partial charge in [-0.2, -0.15) is 5.10 Å². The first kappa shape index (κ1) is 21.9. The predicted molar refractivity (Wildman–Crippen MR) is 123 cm³/mol. The van der Waals surface area contributed by atoms with Gasteiger partial charge in [0.2, 0.25) is 0 Å². The zero-order chi connectivity index (χ0) is 21.3. The first-order valence-electron chi connectivity index (χ1n) is 9.29. The van der Waals surface area contributed by atoms with Gasteiger partial charge in [0, 0.05) is 26.2 Å². The molecule has 0 radical (unpaired) electrons. The zero-order valence-corrected chi connectivity index (χ0v) is 18.6. The molecule has 5 nitrogen and oxygen atoms in total. The molecule has 3 rings (SSSR count). The van der Waals surface area contributed by atoms with Crippen LogP contribution in [0.25, 0.3) is 0 Å². The van der Waals surface area contributed by atoms with E-state index in [4.69, 9.17) is 21.1 Å². The molecule has 0 aliphatic carbocycles. The third kappa shape index (κ3) is 5.84. The summed E-state index contributed by atoms with van der Waals surface area (Å²) in [6.07, 6.45) is 1.55. The summed E-state index contributed by atoms with van der Waals surface area (Å²) >= 11 is 9.72. The van der Waals surface area contributed by atoms with Gasteiger partial charge in [-0.3, -0.25) is 4.79 Å². The Labute approximate surface area is 188 Å². The number of benzene rings is 3. The summed E-state index contributed by atoms with van der Waals surface area (Å²) in [5.41, 5.74) is 4.67. The molecule has 0 aliphatic rings. The van der Waals surface area contributed by atoms with Crippen LogP contribution in [0.3, 0.4) is 0 Å². The molecular weight excluding hydrogens is 468 g/mol. The average molecular weight is 488 g/mol. The quantitative estimate of drug-likeness (QED) is 0.320. The Morgan fingerprint density at radius 3 is 2.50 bits per heavy atom. The van der Waals surface area contributed by atoms with E-state index in [1.54, 1.807) is 36.5 Å². The van der Waals surface area contributed by atoms with E-state index in [1.165, 1.54) is 0 Å². The molecule has 0 bridgehead atoms. The van der Waals surface area contributed by atoms with Crippen molar-refractivity contribution in [1.29, 1.82) is 0 Å². The van der Waals surface area contributed by atoms with Gasteiger partial charge in [0.25, 0.3) is 5.91 Å². The smallest absolute Gasteiger partial charge is 0.271 e. The Balaban J connectivity index is 1.73. The van der Waals surface area contributed by atoms with E-state index in [2.05, 4.69) is 26.5 Å². The summed E-state index contributed by atoms with van der Waals surface area (Å²) in [4.78, 5) is 12.1. The number of hydrogen-bond acceptors (Lipinski definition) is 4. The second-order valence-corrected chi connectivity index (χ2v) is 7.46. The van der Waals surface area contributed by atoms with Crippen LogP contribution in [0.4, 0.5) is 0 Å². The van der Waals surface area contributed by atoms with Gasteiger partial charge in [0.15, 0.2) is 11.5 Å². The van der Waals surface area contributed by atoms with Gasteiger partial charge in [-0.05, 0) is 53.2 Å². The summed E-state index contributed by atoms with van der Waals surface area (Å²) < 4.78 is 12.4. The van der Waals surface area contributed by atoms with Gasteiger partial charge < -0.3 is 9.47 Å². The van der Waals surface area contributed by atoms with Crippen LogP contribution in [0.5, 0.6) is 11.5 Å². The fourth-order valence-electron chi connectivity index (χ4n) is 2.62. The number of hydrazone groups is 1. The fraction of sp³-hybridized carbons (Fsp3) is 0.130. The van der Waals surface area contributed by atoms with Crippen molar-refractivity contribution in [1.82, 2.24) is 5.43 Å². The van der Waals surface area contributed by atoms with Gasteiger partial charge in [0.1, 0.15) is 6.61 Å². The van der Waals surface area contributed by atoms with Gasteiger partial charge in [-0.1, -0.05) is 48.0 Å². The molecule has 154 valence electrons. The molecular formula is C23H20BrClN2O3. The highest BCUT2D eigenvalue weighted by atomic mass is 79.9. The molecule has 0 aliphatic heterocycles. The Kier molecular flexibility index (Phi) is 7.88. The molecule has 0 heterocycles. The maximum absolute atomic E-state index is 12.1. The van der Waals surface area contributed by atoms with E-state index in [-0.39, 0.29) is 5.91 Å². The van der Waals surface area contributed by atoms with E-state index in [0.717, 1.165) is 15.6 Å². The number of hydrogen-bond donors (Lipinski definition) is 1. The van der Waals surface area contributed by atoms with Crippen LogP contribution >= 0.6 is 27.5 Å².